The van der Waals surface area contributed by atoms with Gasteiger partial charge in [-0.05, 0) is 74.4 Å². The molecule has 21 nitrogen and oxygen atoms in total. The third-order valence-electron chi connectivity index (χ3n) is 12.7. The van der Waals surface area contributed by atoms with Gasteiger partial charge in [-0.1, -0.05) is 85.3 Å². The molecule has 0 bridgehead atoms. The number of carbonyl (C=O) groups excluding carboxylic acids is 6. The number of Topliss-reactive ketones (excluding diaryl/α,β-unsaturated/α-hetero) is 1. The molecule has 2 atom stereocenters. The summed E-state index contributed by atoms with van der Waals surface area (Å²) in [5.74, 6) is -3.39. The fourth-order valence-corrected chi connectivity index (χ4v) is 8.46. The molecular formula is C56H66N10O11. The summed E-state index contributed by atoms with van der Waals surface area (Å²) in [4.78, 5) is 135. The van der Waals surface area contributed by atoms with Crippen LogP contribution in [0.15, 0.2) is 146 Å². The molecule has 5 aromatic rings. The highest BCUT2D eigenvalue weighted by Gasteiger charge is 2.35. The second kappa shape index (κ2) is 29.5. The summed E-state index contributed by atoms with van der Waals surface area (Å²) >= 11 is 0. The Morgan fingerprint density at radius 3 is 1.82 bits per heavy atom. The Hall–Kier alpha value is -8.56. The maximum absolute atomic E-state index is 14.8. The van der Waals surface area contributed by atoms with E-state index in [0.29, 0.717) is 13.0 Å². The van der Waals surface area contributed by atoms with E-state index >= 15 is 0 Å². The van der Waals surface area contributed by atoms with Gasteiger partial charge in [0.2, 0.25) is 11.7 Å². The predicted molar refractivity (Wildman–Crippen MR) is 288 cm³/mol. The first-order valence-corrected chi connectivity index (χ1v) is 25.6. The lowest BCUT2D eigenvalue weighted by Gasteiger charge is -2.33. The number of nitrogens with one attached hydrogen (secondary N) is 3. The number of rotatable bonds is 29. The molecule has 1 aliphatic heterocycles. The molecule has 0 saturated heterocycles. The van der Waals surface area contributed by atoms with Crippen LogP contribution in [0.3, 0.4) is 0 Å². The van der Waals surface area contributed by atoms with Crippen molar-refractivity contribution in [2.75, 3.05) is 45.8 Å². The molecule has 3 aromatic heterocycles. The van der Waals surface area contributed by atoms with Gasteiger partial charge >= 0.3 is 0 Å². The van der Waals surface area contributed by atoms with Crippen LogP contribution < -0.4 is 43.2 Å². The van der Waals surface area contributed by atoms with E-state index in [2.05, 4.69) is 20.9 Å². The molecule has 6 rings (SSSR count). The maximum atomic E-state index is 14.8. The van der Waals surface area contributed by atoms with Crippen LogP contribution in [-0.4, -0.2) is 123 Å². The average molecular weight is 1060 g/mol. The number of unbranched alkanes of at least 4 members (excludes halogenated alkanes) is 2. The Morgan fingerprint density at radius 2 is 1.16 bits per heavy atom. The number of hydrogen-bond donors (Lipinski definition) is 4. The monoisotopic (exact) mass is 1050 g/mol. The van der Waals surface area contributed by atoms with Gasteiger partial charge < -0.3 is 50.2 Å². The van der Waals surface area contributed by atoms with E-state index in [1.54, 1.807) is 0 Å². The van der Waals surface area contributed by atoms with Crippen LogP contribution in [0.5, 0.6) is 0 Å². The summed E-state index contributed by atoms with van der Waals surface area (Å²) in [6, 6.07) is 29.8. The third-order valence-corrected chi connectivity index (χ3v) is 12.7. The number of aliphatic imine (C=N–C) groups is 1. The molecule has 5 amide bonds. The predicted octanol–water partition coefficient (Wildman–Crippen LogP) is 2.30. The molecule has 77 heavy (non-hydrogen) atoms. The van der Waals surface area contributed by atoms with Gasteiger partial charge in [-0.15, -0.1) is 4.73 Å². The molecular weight excluding hydrogens is 989 g/mol. The number of nitrogens with zero attached hydrogens (tertiary/aromatic N) is 6. The van der Waals surface area contributed by atoms with Crippen molar-refractivity contribution in [1.29, 1.82) is 0 Å². The summed E-state index contributed by atoms with van der Waals surface area (Å²) in [5, 5.41) is 8.55. The van der Waals surface area contributed by atoms with Gasteiger partial charge in [0.15, 0.2) is 6.10 Å². The fourth-order valence-electron chi connectivity index (χ4n) is 8.46. The normalized spacial score (nSPS) is 13.3. The van der Waals surface area contributed by atoms with Gasteiger partial charge in [-0.25, -0.2) is 0 Å². The minimum atomic E-state index is -1.30. The Morgan fingerprint density at radius 1 is 0.597 bits per heavy atom. The van der Waals surface area contributed by atoms with Crippen LogP contribution in [-0.2, 0) is 46.4 Å². The van der Waals surface area contributed by atoms with E-state index in [1.807, 2.05) is 60.7 Å². The molecule has 1 aliphatic rings. The zero-order valence-electron chi connectivity index (χ0n) is 43.3. The fraction of sp³-hybridized carbons (Fsp3) is 0.357. The highest BCUT2D eigenvalue weighted by Crippen LogP contribution is 2.20. The Labute approximate surface area is 445 Å². The molecule has 2 aromatic carbocycles. The Bertz CT molecular complexity index is 3080. The number of pyridine rings is 3. The average Bonchev–Trinajstić information content (AvgIpc) is 3.43. The molecule has 406 valence electrons. The van der Waals surface area contributed by atoms with Crippen molar-refractivity contribution in [2.24, 2.45) is 24.8 Å². The molecule has 0 aliphatic carbocycles. The minimum absolute atomic E-state index is 0.00125. The number of ether oxygens (including phenoxy) is 1. The quantitative estimate of drug-likeness (QED) is 0.0503. The van der Waals surface area contributed by atoms with Crippen molar-refractivity contribution in [3.8, 4) is 0 Å². The van der Waals surface area contributed by atoms with Crippen molar-refractivity contribution in [3.63, 3.8) is 0 Å². The molecule has 0 radical (unpaired) electrons. The summed E-state index contributed by atoms with van der Waals surface area (Å²) in [6.45, 7) is 0.783. The van der Waals surface area contributed by atoms with Crippen LogP contribution in [0.4, 0.5) is 0 Å². The first kappa shape index (κ1) is 57.7. The highest BCUT2D eigenvalue weighted by atomic mass is 16.7. The first-order valence-electron chi connectivity index (χ1n) is 25.6. The molecule has 0 spiro atoms. The van der Waals surface area contributed by atoms with Gasteiger partial charge in [-0.3, -0.25) is 48.1 Å². The third kappa shape index (κ3) is 16.5. The topological polar surface area (TPSA) is 268 Å². The first-order chi connectivity index (χ1) is 37.3. The molecule has 0 saturated carbocycles. The van der Waals surface area contributed by atoms with Crippen molar-refractivity contribution < 1.29 is 38.3 Å². The summed E-state index contributed by atoms with van der Waals surface area (Å²) in [5.41, 5.74) is 5.92. The van der Waals surface area contributed by atoms with Gasteiger partial charge in [-0.2, -0.15) is 0 Å². The number of carbonyl (C=O) groups is 6. The lowest BCUT2D eigenvalue weighted by molar-refractivity contribution is -0.133. The van der Waals surface area contributed by atoms with E-state index in [4.69, 9.17) is 15.3 Å². The highest BCUT2D eigenvalue weighted by molar-refractivity contribution is 6.33. The van der Waals surface area contributed by atoms with Crippen LogP contribution >= 0.6 is 0 Å². The van der Waals surface area contributed by atoms with E-state index < -0.39 is 58.6 Å². The van der Waals surface area contributed by atoms with Crippen molar-refractivity contribution in [3.05, 3.63) is 186 Å². The van der Waals surface area contributed by atoms with Gasteiger partial charge in [0.1, 0.15) is 29.7 Å². The summed E-state index contributed by atoms with van der Waals surface area (Å²) in [6.07, 6.45) is 3.61. The van der Waals surface area contributed by atoms with Crippen molar-refractivity contribution in [2.45, 2.75) is 70.3 Å². The molecule has 21 heteroatoms. The number of ketones is 1. The minimum Gasteiger partial charge on any atom is -0.405 e. The van der Waals surface area contributed by atoms with Gasteiger partial charge in [0.25, 0.3) is 40.3 Å². The smallest absolute Gasteiger partial charge is 0.283 e. The largest absolute Gasteiger partial charge is 0.405 e. The zero-order valence-corrected chi connectivity index (χ0v) is 43.3. The number of amides is 5. The van der Waals surface area contributed by atoms with E-state index in [0.717, 1.165) is 34.9 Å². The zero-order chi connectivity index (χ0) is 55.1. The second-order valence-corrected chi connectivity index (χ2v) is 18.2. The van der Waals surface area contributed by atoms with Crippen LogP contribution in [0.1, 0.15) is 87.5 Å². The van der Waals surface area contributed by atoms with E-state index in [1.165, 1.54) is 93.8 Å². The SMILES string of the molecule is Cn1c(C(=O)NCCCN(C(=O)c2cccc(=O)n2C)C(CCCN(CCCNC(=O)c2cccc(=O)n2OCc2ccccc2)C(=O)C2=CN=CC(=O)C2OCc2ccccc2)C(=O)NCCCCCN)cccc1=O. The van der Waals surface area contributed by atoms with Crippen LogP contribution in [0.25, 0.3) is 0 Å². The van der Waals surface area contributed by atoms with Gasteiger partial charge in [0.05, 0.1) is 18.4 Å². The van der Waals surface area contributed by atoms with Crippen LogP contribution in [0, 0.1) is 0 Å². The van der Waals surface area contributed by atoms with Crippen LogP contribution in [0.2, 0.25) is 0 Å². The molecule has 5 N–H and O–H groups in total. The van der Waals surface area contributed by atoms with Crippen molar-refractivity contribution in [1.82, 2.24) is 39.6 Å². The van der Waals surface area contributed by atoms with Gasteiger partial charge in [0, 0.05) is 77.8 Å². The lowest BCUT2D eigenvalue weighted by Crippen LogP contribution is -2.51. The van der Waals surface area contributed by atoms with E-state index in [9.17, 15) is 43.2 Å². The Kier molecular flexibility index (Phi) is 22.1. The standard InChI is InChI=1S/C56H66N10O11/c1-62-43(22-12-26-48(62)68)52(71)60-32-17-35-65(56(75)46-24-14-27-49(69)63(46)2)44(53(72)59-30-11-5-10-29-57)25-15-33-64(55(74)42-36-58-37-47(67)51(42)76-38-40-18-6-3-7-19-40)34-16-31-61-54(73)45-23-13-28-50(70)66(45)77-39-41-20-8-4-9-21-41/h3-4,6-9,12-14,18-24,26-28,36-37,44,51H,5,10-11,15-17,25,29-35,38-39,57H2,1-2H3,(H,59,72)(H,60,71)(H,61,73). The molecule has 2 unspecified atom stereocenters. The van der Waals surface area contributed by atoms with Crippen molar-refractivity contribution >= 4 is 41.5 Å². The van der Waals surface area contributed by atoms with E-state index in [-0.39, 0.29) is 106 Å². The summed E-state index contributed by atoms with van der Waals surface area (Å²) in [7, 11) is 2.92. The summed E-state index contributed by atoms with van der Waals surface area (Å²) < 4.78 is 9.38. The number of nitrogens with two attached hydrogens (primary N) is 1. The lowest BCUT2D eigenvalue weighted by atomic mass is 10.0. The Balaban J connectivity index is 1.24. The number of hydrogen-bond acceptors (Lipinski definition) is 13. The number of aromatic nitrogens is 3. The molecule has 4 heterocycles. The number of benzene rings is 2. The maximum Gasteiger partial charge on any atom is 0.283 e. The second-order valence-electron chi connectivity index (χ2n) is 18.2. The molecule has 0 fully saturated rings.